The maximum absolute atomic E-state index is 13.5. The van der Waals surface area contributed by atoms with E-state index in [1.54, 1.807) is 60.7 Å². The smallest absolute Gasteiger partial charge is 0.338 e. The van der Waals surface area contributed by atoms with Crippen molar-refractivity contribution in [2.24, 2.45) is 0 Å². The Kier molecular flexibility index (Phi) is 5.75. The number of hydrogen-bond donors (Lipinski definition) is 0. The van der Waals surface area contributed by atoms with Gasteiger partial charge in [0.05, 0.1) is 23.2 Å². The van der Waals surface area contributed by atoms with Gasteiger partial charge in [0.25, 0.3) is 11.8 Å². The second-order valence-corrected chi connectivity index (χ2v) is 6.86. The fourth-order valence-corrected chi connectivity index (χ4v) is 3.29. The van der Waals surface area contributed by atoms with E-state index in [-0.39, 0.29) is 42.9 Å². The fraction of sp³-hybridized carbons (Fsp3) is 0.125. The summed E-state index contributed by atoms with van der Waals surface area (Å²) in [7, 11) is 0. The average molecular weight is 419 g/mol. The Balaban J connectivity index is 1.35. The third kappa shape index (κ3) is 4.30. The van der Waals surface area contributed by atoms with Crippen molar-refractivity contribution < 1.29 is 28.2 Å². The topological polar surface area (TPSA) is 72.9 Å². The summed E-state index contributed by atoms with van der Waals surface area (Å²) >= 11 is 0. The van der Waals surface area contributed by atoms with E-state index in [1.165, 1.54) is 12.1 Å². The number of carbonyl (C=O) groups excluding carboxylic acids is 3. The Morgan fingerprint density at radius 2 is 1.52 bits per heavy atom. The summed E-state index contributed by atoms with van der Waals surface area (Å²) < 4.78 is 23.9. The zero-order chi connectivity index (χ0) is 21.8. The van der Waals surface area contributed by atoms with Crippen LogP contribution in [0, 0.1) is 5.82 Å². The third-order valence-electron chi connectivity index (χ3n) is 4.79. The molecule has 0 saturated heterocycles. The van der Waals surface area contributed by atoms with Gasteiger partial charge in [0.2, 0.25) is 0 Å². The van der Waals surface area contributed by atoms with Gasteiger partial charge in [-0.3, -0.25) is 14.5 Å². The Morgan fingerprint density at radius 1 is 0.839 bits per heavy atom. The van der Waals surface area contributed by atoms with Crippen LogP contribution in [0.4, 0.5) is 4.39 Å². The number of rotatable bonds is 7. The molecular weight excluding hydrogens is 401 g/mol. The molecule has 1 aliphatic heterocycles. The average Bonchev–Trinajstić information content (AvgIpc) is 3.03. The Labute approximate surface area is 177 Å². The Hall–Kier alpha value is -4.00. The number of ether oxygens (including phenoxy) is 2. The van der Waals surface area contributed by atoms with Crippen LogP contribution in [-0.2, 0) is 11.3 Å². The largest absolute Gasteiger partial charge is 0.487 e. The number of benzene rings is 3. The minimum absolute atomic E-state index is 0.00139. The second-order valence-electron chi connectivity index (χ2n) is 6.86. The summed E-state index contributed by atoms with van der Waals surface area (Å²) in [5, 5.41) is 0. The summed E-state index contributed by atoms with van der Waals surface area (Å²) in [6.45, 7) is -0.0128. The molecule has 31 heavy (non-hydrogen) atoms. The van der Waals surface area contributed by atoms with Crippen LogP contribution in [0.15, 0.2) is 72.8 Å². The summed E-state index contributed by atoms with van der Waals surface area (Å²) in [6.07, 6.45) is 0. The van der Waals surface area contributed by atoms with Gasteiger partial charge in [-0.15, -0.1) is 0 Å². The molecule has 0 N–H and O–H groups in total. The maximum atomic E-state index is 13.5. The van der Waals surface area contributed by atoms with Crippen molar-refractivity contribution in [1.82, 2.24) is 4.90 Å². The molecule has 0 aliphatic carbocycles. The number of imide groups is 1. The van der Waals surface area contributed by atoms with Crippen LogP contribution < -0.4 is 4.74 Å². The van der Waals surface area contributed by atoms with Crippen molar-refractivity contribution in [3.8, 4) is 5.75 Å². The van der Waals surface area contributed by atoms with E-state index < -0.39 is 11.8 Å². The molecule has 0 fully saturated rings. The van der Waals surface area contributed by atoms with Gasteiger partial charge < -0.3 is 9.47 Å². The summed E-state index contributed by atoms with van der Waals surface area (Å²) in [4.78, 5) is 38.5. The molecule has 7 heteroatoms. The van der Waals surface area contributed by atoms with E-state index in [9.17, 15) is 18.8 Å². The lowest BCUT2D eigenvalue weighted by atomic mass is 10.1. The van der Waals surface area contributed by atoms with Crippen LogP contribution in [0.5, 0.6) is 5.75 Å². The van der Waals surface area contributed by atoms with E-state index in [4.69, 9.17) is 9.47 Å². The normalized spacial score (nSPS) is 12.6. The molecule has 0 atom stereocenters. The molecule has 0 bridgehead atoms. The highest BCUT2D eigenvalue weighted by Gasteiger charge is 2.35. The van der Waals surface area contributed by atoms with Crippen molar-refractivity contribution in [2.75, 3.05) is 13.2 Å². The second kappa shape index (κ2) is 8.79. The number of para-hydroxylation sites is 1. The molecular formula is C24H18FNO5. The van der Waals surface area contributed by atoms with Crippen LogP contribution in [0.2, 0.25) is 0 Å². The highest BCUT2D eigenvalue weighted by Crippen LogP contribution is 2.24. The van der Waals surface area contributed by atoms with Crippen LogP contribution in [0.3, 0.4) is 0 Å². The van der Waals surface area contributed by atoms with Gasteiger partial charge in [0.15, 0.2) is 11.6 Å². The van der Waals surface area contributed by atoms with Gasteiger partial charge in [-0.25, -0.2) is 9.18 Å². The molecule has 0 radical (unpaired) electrons. The molecule has 1 heterocycles. The molecule has 0 spiro atoms. The van der Waals surface area contributed by atoms with Crippen LogP contribution in [-0.4, -0.2) is 35.9 Å². The number of halogens is 1. The molecule has 6 nitrogen and oxygen atoms in total. The van der Waals surface area contributed by atoms with Gasteiger partial charge >= 0.3 is 5.97 Å². The van der Waals surface area contributed by atoms with E-state index in [0.29, 0.717) is 16.7 Å². The minimum atomic E-state index is -0.582. The first-order valence-electron chi connectivity index (χ1n) is 9.63. The molecule has 0 aromatic heterocycles. The highest BCUT2D eigenvalue weighted by atomic mass is 19.1. The summed E-state index contributed by atoms with van der Waals surface area (Å²) in [5.74, 6) is -1.71. The SMILES string of the molecule is O=C(OCCOc1ccccc1F)c1cccc(CN2C(=O)c3ccccc3C2=O)c1. The van der Waals surface area contributed by atoms with Gasteiger partial charge in [-0.05, 0) is 42.0 Å². The lowest BCUT2D eigenvalue weighted by molar-refractivity contribution is 0.0448. The Bertz CT molecular complexity index is 1120. The molecule has 2 amide bonds. The third-order valence-corrected chi connectivity index (χ3v) is 4.79. The zero-order valence-electron chi connectivity index (χ0n) is 16.4. The highest BCUT2D eigenvalue weighted by molar-refractivity contribution is 6.21. The quantitative estimate of drug-likeness (QED) is 0.330. The summed E-state index contributed by atoms with van der Waals surface area (Å²) in [6, 6.07) is 19.1. The maximum Gasteiger partial charge on any atom is 0.338 e. The molecule has 156 valence electrons. The zero-order valence-corrected chi connectivity index (χ0v) is 16.4. The minimum Gasteiger partial charge on any atom is -0.487 e. The van der Waals surface area contributed by atoms with E-state index >= 15 is 0 Å². The number of fused-ring (bicyclic) bond motifs is 1. The first-order valence-corrected chi connectivity index (χ1v) is 9.63. The number of nitrogens with zero attached hydrogens (tertiary/aromatic N) is 1. The lowest BCUT2D eigenvalue weighted by Crippen LogP contribution is -2.29. The summed E-state index contributed by atoms with van der Waals surface area (Å²) in [5.41, 5.74) is 1.64. The number of esters is 1. The first kappa shape index (κ1) is 20.3. The van der Waals surface area contributed by atoms with Gasteiger partial charge in [0, 0.05) is 0 Å². The van der Waals surface area contributed by atoms with Crippen molar-refractivity contribution in [2.45, 2.75) is 6.54 Å². The molecule has 4 rings (SSSR count). The fourth-order valence-electron chi connectivity index (χ4n) is 3.29. The van der Waals surface area contributed by atoms with Crippen molar-refractivity contribution >= 4 is 17.8 Å². The first-order chi connectivity index (χ1) is 15.0. The predicted octanol–water partition coefficient (Wildman–Crippen LogP) is 3.86. The predicted molar refractivity (Wildman–Crippen MR) is 109 cm³/mol. The monoisotopic (exact) mass is 419 g/mol. The van der Waals surface area contributed by atoms with E-state index in [1.807, 2.05) is 0 Å². The van der Waals surface area contributed by atoms with Crippen molar-refractivity contribution in [3.05, 3.63) is 101 Å². The molecule has 3 aromatic rings. The molecule has 1 aliphatic rings. The van der Waals surface area contributed by atoms with Gasteiger partial charge in [0.1, 0.15) is 13.2 Å². The number of carbonyl (C=O) groups is 3. The van der Waals surface area contributed by atoms with E-state index in [2.05, 4.69) is 0 Å². The number of amides is 2. The van der Waals surface area contributed by atoms with Crippen molar-refractivity contribution in [3.63, 3.8) is 0 Å². The van der Waals surface area contributed by atoms with Crippen molar-refractivity contribution in [1.29, 1.82) is 0 Å². The Morgan fingerprint density at radius 3 is 2.23 bits per heavy atom. The molecule has 3 aromatic carbocycles. The van der Waals surface area contributed by atoms with Crippen LogP contribution in [0.1, 0.15) is 36.6 Å². The van der Waals surface area contributed by atoms with E-state index in [0.717, 1.165) is 4.90 Å². The van der Waals surface area contributed by atoms with Gasteiger partial charge in [-0.1, -0.05) is 36.4 Å². The van der Waals surface area contributed by atoms with Crippen LogP contribution >= 0.6 is 0 Å². The molecule has 0 unspecified atom stereocenters. The molecule has 0 saturated carbocycles. The lowest BCUT2D eigenvalue weighted by Gasteiger charge is -2.14. The number of hydrogen-bond acceptors (Lipinski definition) is 5. The standard InChI is InChI=1S/C24H18FNO5/c25-20-10-3-4-11-21(20)30-12-13-31-24(29)17-7-5-6-16(14-17)15-26-22(27)18-8-1-2-9-19(18)23(26)28/h1-11,14H,12-13,15H2. The van der Waals surface area contributed by atoms with Crippen LogP contribution in [0.25, 0.3) is 0 Å². The van der Waals surface area contributed by atoms with Gasteiger partial charge in [-0.2, -0.15) is 0 Å².